The third-order valence-corrected chi connectivity index (χ3v) is 7.09. The van der Waals surface area contributed by atoms with Crippen molar-refractivity contribution in [3.63, 3.8) is 0 Å². The Kier molecular flexibility index (Phi) is 7.39. The first-order chi connectivity index (χ1) is 21.2. The lowest BCUT2D eigenvalue weighted by molar-refractivity contribution is 0.102. The molecule has 2 heterocycles. The fraction of sp³-hybridized carbons (Fsp3) is 0.125. The summed E-state index contributed by atoms with van der Waals surface area (Å²) in [6, 6.07) is 15.3. The number of ether oxygens (including phenoxy) is 2. The van der Waals surface area contributed by atoms with Crippen LogP contribution in [0.3, 0.4) is 0 Å². The highest BCUT2D eigenvalue weighted by Crippen LogP contribution is 2.35. The van der Waals surface area contributed by atoms with Crippen molar-refractivity contribution in [3.05, 3.63) is 112 Å². The van der Waals surface area contributed by atoms with Crippen LogP contribution in [0.15, 0.2) is 83.9 Å². The van der Waals surface area contributed by atoms with Gasteiger partial charge in [0.2, 0.25) is 5.88 Å². The Hall–Kier alpha value is -5.78. The number of rotatable bonds is 9. The Bertz CT molecular complexity index is 2010. The first kappa shape index (κ1) is 28.3. The van der Waals surface area contributed by atoms with Crippen LogP contribution in [0.1, 0.15) is 28.8 Å². The number of anilines is 1. The summed E-state index contributed by atoms with van der Waals surface area (Å²) in [6.45, 7) is 0. The van der Waals surface area contributed by atoms with Gasteiger partial charge in [0.05, 0.1) is 17.4 Å². The fourth-order valence-corrected chi connectivity index (χ4v) is 4.66. The smallest absolute Gasteiger partial charge is 0.270 e. The normalized spacial score (nSPS) is 13.1. The minimum absolute atomic E-state index is 0.0325. The molecule has 4 N–H and O–H groups in total. The predicted molar refractivity (Wildman–Crippen MR) is 162 cm³/mol. The standard InChI is InChI=1S/C32H26F2N6O4/c1-39-27-14-25(19(15-35)16-36)29(12-18(27)17-37-39)44-28-10-4-21(13-26(28)34)38-31(41)24-9-11-30(43-23-7-8-23)40(32(24)42)22-5-2-20(33)3-6-22/h2-6,9-17,23,35H,7-8,36H2,1H3,(H,38,41)/b19-16+,35-15?. The number of aromatic nitrogens is 3. The van der Waals surface area contributed by atoms with Crippen molar-refractivity contribution in [2.45, 2.75) is 18.9 Å². The zero-order valence-corrected chi connectivity index (χ0v) is 23.4. The van der Waals surface area contributed by atoms with Gasteiger partial charge in [0.15, 0.2) is 11.6 Å². The number of aryl methyl sites for hydroxylation is 1. The molecule has 0 bridgehead atoms. The topological polar surface area (TPSA) is 137 Å². The lowest BCUT2D eigenvalue weighted by Crippen LogP contribution is -2.29. The van der Waals surface area contributed by atoms with E-state index in [-0.39, 0.29) is 34.7 Å². The number of nitrogens with one attached hydrogen (secondary N) is 2. The maximum absolute atomic E-state index is 15.3. The van der Waals surface area contributed by atoms with Crippen LogP contribution in [0.5, 0.6) is 17.4 Å². The quantitative estimate of drug-likeness (QED) is 0.191. The highest BCUT2D eigenvalue weighted by molar-refractivity contribution is 6.10. The van der Waals surface area contributed by atoms with Gasteiger partial charge in [-0.3, -0.25) is 14.3 Å². The third kappa shape index (κ3) is 5.52. The number of nitrogens with two attached hydrogens (primary N) is 1. The number of pyridine rings is 1. The van der Waals surface area contributed by atoms with Gasteiger partial charge in [0.1, 0.15) is 23.2 Å². The van der Waals surface area contributed by atoms with Crippen molar-refractivity contribution in [3.8, 4) is 23.1 Å². The van der Waals surface area contributed by atoms with E-state index in [4.69, 9.17) is 20.6 Å². The molecule has 0 atom stereocenters. The molecule has 5 aromatic rings. The highest BCUT2D eigenvalue weighted by atomic mass is 19.1. The van der Waals surface area contributed by atoms with Crippen LogP contribution in [0.25, 0.3) is 22.2 Å². The largest absolute Gasteiger partial charge is 0.475 e. The number of halogens is 2. The molecule has 222 valence electrons. The molecule has 12 heteroatoms. The van der Waals surface area contributed by atoms with Crippen LogP contribution in [-0.2, 0) is 7.05 Å². The maximum Gasteiger partial charge on any atom is 0.270 e. The second-order valence-corrected chi connectivity index (χ2v) is 10.2. The van der Waals surface area contributed by atoms with E-state index in [1.165, 1.54) is 59.3 Å². The van der Waals surface area contributed by atoms with E-state index in [1.54, 1.807) is 30.1 Å². The number of hydrogen-bond donors (Lipinski definition) is 3. The van der Waals surface area contributed by atoms with Crippen molar-refractivity contribution < 1.29 is 23.0 Å². The van der Waals surface area contributed by atoms with Crippen LogP contribution in [0.4, 0.5) is 14.5 Å². The van der Waals surface area contributed by atoms with Crippen LogP contribution >= 0.6 is 0 Å². The summed E-state index contributed by atoms with van der Waals surface area (Å²) in [5, 5.41) is 15.2. The molecule has 0 radical (unpaired) electrons. The molecule has 6 rings (SSSR count). The van der Waals surface area contributed by atoms with E-state index in [2.05, 4.69) is 10.4 Å². The van der Waals surface area contributed by atoms with Crippen LogP contribution < -0.4 is 26.1 Å². The molecule has 0 saturated heterocycles. The molecule has 44 heavy (non-hydrogen) atoms. The molecule has 3 aromatic carbocycles. The second-order valence-electron chi connectivity index (χ2n) is 10.2. The summed E-state index contributed by atoms with van der Waals surface area (Å²) in [5.74, 6) is -1.71. The van der Waals surface area contributed by atoms with Crippen LogP contribution in [0.2, 0.25) is 0 Å². The lowest BCUT2D eigenvalue weighted by atomic mass is 10.0. The van der Waals surface area contributed by atoms with Gasteiger partial charge in [-0.2, -0.15) is 5.10 Å². The van der Waals surface area contributed by atoms with Crippen molar-refractivity contribution in [1.82, 2.24) is 14.3 Å². The molecule has 1 fully saturated rings. The number of carbonyl (C=O) groups excluding carboxylic acids is 1. The van der Waals surface area contributed by atoms with Gasteiger partial charge < -0.3 is 25.9 Å². The monoisotopic (exact) mass is 596 g/mol. The van der Waals surface area contributed by atoms with Crippen molar-refractivity contribution >= 4 is 34.3 Å². The molecule has 0 aliphatic heterocycles. The zero-order valence-electron chi connectivity index (χ0n) is 23.4. The number of nitrogens with zero attached hydrogens (tertiary/aromatic N) is 3. The average molecular weight is 597 g/mol. The molecule has 1 aliphatic carbocycles. The van der Waals surface area contributed by atoms with Gasteiger partial charge in [0.25, 0.3) is 11.5 Å². The molecule has 0 spiro atoms. The van der Waals surface area contributed by atoms with Crippen molar-refractivity contribution in [2.75, 3.05) is 5.32 Å². The summed E-state index contributed by atoms with van der Waals surface area (Å²) in [6.07, 6.45) is 5.60. The van der Waals surface area contributed by atoms with Crippen LogP contribution in [-0.4, -0.2) is 32.6 Å². The van der Waals surface area contributed by atoms with Gasteiger partial charge in [-0.15, -0.1) is 0 Å². The van der Waals surface area contributed by atoms with Gasteiger partial charge in [-0.25, -0.2) is 13.3 Å². The number of allylic oxidation sites excluding steroid dienone is 1. The summed E-state index contributed by atoms with van der Waals surface area (Å²) in [4.78, 5) is 26.7. The number of benzene rings is 3. The molecule has 2 aromatic heterocycles. The SMILES string of the molecule is Cn1ncc2cc(Oc3ccc(NC(=O)c4ccc(OC5CC5)n(-c5ccc(F)cc5)c4=O)cc3F)c(/C(C=N)=C/N)cc21. The van der Waals surface area contributed by atoms with E-state index in [0.717, 1.165) is 36.0 Å². The van der Waals surface area contributed by atoms with Gasteiger partial charge in [-0.05, 0) is 73.5 Å². The van der Waals surface area contributed by atoms with E-state index in [9.17, 15) is 14.0 Å². The molecule has 1 saturated carbocycles. The molecular formula is C32H26F2N6O4. The Morgan fingerprint density at radius 3 is 2.50 bits per heavy atom. The van der Waals surface area contributed by atoms with E-state index < -0.39 is 23.1 Å². The van der Waals surface area contributed by atoms with E-state index >= 15 is 4.39 Å². The first-order valence-electron chi connectivity index (χ1n) is 13.6. The Labute approximate surface area is 249 Å². The summed E-state index contributed by atoms with van der Waals surface area (Å²) < 4.78 is 43.5. The number of fused-ring (bicyclic) bond motifs is 1. The number of carbonyl (C=O) groups is 1. The number of amides is 1. The van der Waals surface area contributed by atoms with E-state index in [0.29, 0.717) is 16.8 Å². The summed E-state index contributed by atoms with van der Waals surface area (Å²) in [5.41, 5.74) is 6.80. The third-order valence-electron chi connectivity index (χ3n) is 7.09. The summed E-state index contributed by atoms with van der Waals surface area (Å²) in [7, 11) is 1.77. The molecule has 0 unspecified atom stereocenters. The maximum atomic E-state index is 15.3. The minimum Gasteiger partial charge on any atom is -0.475 e. The van der Waals surface area contributed by atoms with E-state index in [1.807, 2.05) is 0 Å². The van der Waals surface area contributed by atoms with Gasteiger partial charge >= 0.3 is 0 Å². The van der Waals surface area contributed by atoms with Gasteiger partial charge in [-0.1, -0.05) is 0 Å². The second kappa shape index (κ2) is 11.5. The minimum atomic E-state index is -0.787. The van der Waals surface area contributed by atoms with Gasteiger partial charge in [0, 0.05) is 47.7 Å². The Morgan fingerprint density at radius 2 is 1.82 bits per heavy atom. The fourth-order valence-electron chi connectivity index (χ4n) is 4.66. The molecule has 1 amide bonds. The van der Waals surface area contributed by atoms with Crippen molar-refractivity contribution in [2.24, 2.45) is 12.8 Å². The van der Waals surface area contributed by atoms with Crippen LogP contribution in [0, 0.1) is 17.0 Å². The predicted octanol–water partition coefficient (Wildman–Crippen LogP) is 5.54. The summed E-state index contributed by atoms with van der Waals surface area (Å²) >= 11 is 0. The highest BCUT2D eigenvalue weighted by Gasteiger charge is 2.26. The van der Waals surface area contributed by atoms with Crippen molar-refractivity contribution in [1.29, 1.82) is 5.41 Å². The average Bonchev–Trinajstić information content (AvgIpc) is 3.76. The Balaban J connectivity index is 1.28. The molecular weight excluding hydrogens is 570 g/mol. The lowest BCUT2D eigenvalue weighted by Gasteiger charge is -2.16. The zero-order chi connectivity index (χ0) is 31.0. The molecule has 1 aliphatic rings. The molecule has 10 nitrogen and oxygen atoms in total. The first-order valence-corrected chi connectivity index (χ1v) is 13.6. The number of hydrogen-bond acceptors (Lipinski definition) is 7. The Morgan fingerprint density at radius 1 is 1.05 bits per heavy atom.